The Balaban J connectivity index is 2.56. The van der Waals surface area contributed by atoms with Crippen molar-refractivity contribution in [1.82, 2.24) is 4.72 Å². The van der Waals surface area contributed by atoms with E-state index < -0.39 is 15.8 Å². The molecule has 1 saturated carbocycles. The van der Waals surface area contributed by atoms with Gasteiger partial charge in [-0.15, -0.1) is 0 Å². The molecule has 0 radical (unpaired) electrons. The van der Waals surface area contributed by atoms with Crippen LogP contribution >= 0.6 is 0 Å². The lowest BCUT2D eigenvalue weighted by Gasteiger charge is -2.18. The molecule has 0 aromatic rings. The molecule has 0 aliphatic heterocycles. The number of nitrogens with one attached hydrogen (secondary N) is 1. The normalized spacial score (nSPS) is 27.4. The molecule has 1 fully saturated rings. The summed E-state index contributed by atoms with van der Waals surface area (Å²) in [6.07, 6.45) is 2.80. The number of hydrogen-bond acceptors (Lipinski definition) is 4. The molecule has 0 aromatic carbocycles. The summed E-state index contributed by atoms with van der Waals surface area (Å²) in [6, 6.07) is 1.56. The Morgan fingerprint density at radius 3 is 2.79 bits per heavy atom. The first kappa shape index (κ1) is 11.4. The molecule has 1 aliphatic rings. The molecule has 0 aromatic heterocycles. The maximum atomic E-state index is 11.3. The van der Waals surface area contributed by atoms with Gasteiger partial charge in [0.15, 0.2) is 5.75 Å². The lowest BCUT2D eigenvalue weighted by atomic mass is 10.1. The van der Waals surface area contributed by atoms with Crippen molar-refractivity contribution < 1.29 is 8.42 Å². The molecule has 1 aliphatic carbocycles. The largest absolute Gasteiger partial charge is 0.330 e. The molecule has 0 spiro atoms. The van der Waals surface area contributed by atoms with Crippen LogP contribution in [-0.2, 0) is 10.0 Å². The third kappa shape index (κ3) is 2.94. The summed E-state index contributed by atoms with van der Waals surface area (Å²) in [7, 11) is -3.42. The second-order valence-corrected chi connectivity index (χ2v) is 5.32. The van der Waals surface area contributed by atoms with Crippen molar-refractivity contribution in [2.45, 2.75) is 25.3 Å². The van der Waals surface area contributed by atoms with E-state index in [1.165, 1.54) is 0 Å². The molecule has 1 rings (SSSR count). The molecule has 0 bridgehead atoms. The lowest BCUT2D eigenvalue weighted by molar-refractivity contribution is 0.453. The monoisotopic (exact) mass is 217 g/mol. The molecule has 0 amide bonds. The molecule has 2 unspecified atom stereocenters. The van der Waals surface area contributed by atoms with Crippen molar-refractivity contribution in [3.8, 4) is 6.07 Å². The predicted octanol–water partition coefficient (Wildman–Crippen LogP) is -0.443. The summed E-state index contributed by atoms with van der Waals surface area (Å²) in [5, 5.41) is 8.31. The molecule has 2 atom stereocenters. The van der Waals surface area contributed by atoms with Crippen LogP contribution in [0.5, 0.6) is 0 Å². The van der Waals surface area contributed by atoms with Gasteiger partial charge in [0.05, 0.1) is 6.07 Å². The number of nitrogens with two attached hydrogens (primary N) is 1. The average molecular weight is 217 g/mol. The zero-order valence-corrected chi connectivity index (χ0v) is 8.76. The minimum atomic E-state index is -3.42. The van der Waals surface area contributed by atoms with Gasteiger partial charge in [-0.25, -0.2) is 13.1 Å². The van der Waals surface area contributed by atoms with Crippen molar-refractivity contribution >= 4 is 10.0 Å². The Bertz CT molecular complexity index is 320. The minimum Gasteiger partial charge on any atom is -0.330 e. The van der Waals surface area contributed by atoms with E-state index in [0.717, 1.165) is 19.3 Å². The van der Waals surface area contributed by atoms with E-state index >= 15 is 0 Å². The van der Waals surface area contributed by atoms with Gasteiger partial charge in [-0.2, -0.15) is 5.26 Å². The van der Waals surface area contributed by atoms with E-state index in [1.54, 1.807) is 6.07 Å². The second kappa shape index (κ2) is 4.73. The van der Waals surface area contributed by atoms with E-state index in [0.29, 0.717) is 6.54 Å². The first-order chi connectivity index (χ1) is 6.59. The predicted molar refractivity (Wildman–Crippen MR) is 52.7 cm³/mol. The van der Waals surface area contributed by atoms with Crippen LogP contribution in [-0.4, -0.2) is 26.8 Å². The van der Waals surface area contributed by atoms with Crippen LogP contribution in [0.4, 0.5) is 0 Å². The summed E-state index contributed by atoms with van der Waals surface area (Å²) >= 11 is 0. The third-order valence-corrected chi connectivity index (χ3v) is 3.72. The Morgan fingerprint density at radius 1 is 1.50 bits per heavy atom. The van der Waals surface area contributed by atoms with Crippen molar-refractivity contribution in [2.24, 2.45) is 11.7 Å². The zero-order chi connectivity index (χ0) is 10.6. The Labute approximate surface area is 84.3 Å². The van der Waals surface area contributed by atoms with Crippen LogP contribution in [0.15, 0.2) is 0 Å². The number of nitrogens with zero attached hydrogens (tertiary/aromatic N) is 1. The van der Waals surface area contributed by atoms with Gasteiger partial charge in [0, 0.05) is 6.04 Å². The highest BCUT2D eigenvalue weighted by atomic mass is 32.2. The van der Waals surface area contributed by atoms with E-state index in [1.807, 2.05) is 0 Å². The van der Waals surface area contributed by atoms with Gasteiger partial charge in [-0.1, -0.05) is 6.42 Å². The maximum Gasteiger partial charge on any atom is 0.225 e. The smallest absolute Gasteiger partial charge is 0.225 e. The van der Waals surface area contributed by atoms with Gasteiger partial charge in [0.2, 0.25) is 10.0 Å². The summed E-state index contributed by atoms with van der Waals surface area (Å²) in [4.78, 5) is 0. The number of rotatable bonds is 4. The number of nitriles is 1. The van der Waals surface area contributed by atoms with Crippen LogP contribution in [0, 0.1) is 17.2 Å². The molecular weight excluding hydrogens is 202 g/mol. The van der Waals surface area contributed by atoms with Crippen LogP contribution in [0.1, 0.15) is 19.3 Å². The molecule has 3 N–H and O–H groups in total. The summed E-state index contributed by atoms with van der Waals surface area (Å²) in [6.45, 7) is 0.500. The fourth-order valence-corrected chi connectivity index (χ4v) is 2.86. The van der Waals surface area contributed by atoms with Gasteiger partial charge in [-0.05, 0) is 25.3 Å². The van der Waals surface area contributed by atoms with Crippen molar-refractivity contribution in [2.75, 3.05) is 12.3 Å². The summed E-state index contributed by atoms with van der Waals surface area (Å²) in [5.74, 6) is -0.246. The van der Waals surface area contributed by atoms with E-state index in [4.69, 9.17) is 11.0 Å². The fraction of sp³-hybridized carbons (Fsp3) is 0.875. The minimum absolute atomic E-state index is 0.0710. The molecule has 0 saturated heterocycles. The molecule has 0 heterocycles. The molecular formula is C8H15N3O2S. The van der Waals surface area contributed by atoms with Gasteiger partial charge in [0.25, 0.3) is 0 Å². The van der Waals surface area contributed by atoms with Crippen LogP contribution in [0.2, 0.25) is 0 Å². The highest BCUT2D eigenvalue weighted by Gasteiger charge is 2.29. The average Bonchev–Trinajstić information content (AvgIpc) is 2.50. The van der Waals surface area contributed by atoms with Crippen molar-refractivity contribution in [1.29, 1.82) is 5.26 Å². The highest BCUT2D eigenvalue weighted by molar-refractivity contribution is 7.89. The van der Waals surface area contributed by atoms with Crippen molar-refractivity contribution in [3.05, 3.63) is 0 Å². The fourth-order valence-electron chi connectivity index (χ4n) is 1.83. The van der Waals surface area contributed by atoms with Crippen LogP contribution in [0.3, 0.4) is 0 Å². The Kier molecular flexibility index (Phi) is 3.86. The molecule has 6 heteroatoms. The Morgan fingerprint density at radius 2 is 2.21 bits per heavy atom. The van der Waals surface area contributed by atoms with Gasteiger partial charge in [0.1, 0.15) is 0 Å². The second-order valence-electron chi connectivity index (χ2n) is 3.57. The number of sulfonamides is 1. The van der Waals surface area contributed by atoms with Gasteiger partial charge >= 0.3 is 0 Å². The summed E-state index contributed by atoms with van der Waals surface area (Å²) < 4.78 is 25.1. The SMILES string of the molecule is N#CCS(=O)(=O)NC1CCCC1CN. The van der Waals surface area contributed by atoms with Crippen LogP contribution < -0.4 is 10.5 Å². The Hall–Kier alpha value is -0.640. The zero-order valence-electron chi connectivity index (χ0n) is 7.94. The third-order valence-electron chi connectivity index (χ3n) is 2.55. The van der Waals surface area contributed by atoms with Gasteiger partial charge < -0.3 is 5.73 Å². The molecule has 5 nitrogen and oxygen atoms in total. The molecule has 80 valence electrons. The standard InChI is InChI=1S/C8H15N3O2S/c9-4-5-14(12,13)11-8-3-1-2-7(8)6-10/h7-8,11H,1-3,5-6,10H2. The van der Waals surface area contributed by atoms with Crippen molar-refractivity contribution in [3.63, 3.8) is 0 Å². The van der Waals surface area contributed by atoms with Crippen LogP contribution in [0.25, 0.3) is 0 Å². The van der Waals surface area contributed by atoms with E-state index in [-0.39, 0.29) is 12.0 Å². The lowest BCUT2D eigenvalue weighted by Crippen LogP contribution is -2.40. The molecule has 14 heavy (non-hydrogen) atoms. The first-order valence-electron chi connectivity index (χ1n) is 4.66. The van der Waals surface area contributed by atoms with E-state index in [2.05, 4.69) is 4.72 Å². The van der Waals surface area contributed by atoms with E-state index in [9.17, 15) is 8.42 Å². The first-order valence-corrected chi connectivity index (χ1v) is 6.31. The highest BCUT2D eigenvalue weighted by Crippen LogP contribution is 2.24. The summed E-state index contributed by atoms with van der Waals surface area (Å²) in [5.41, 5.74) is 5.52. The van der Waals surface area contributed by atoms with Gasteiger partial charge in [-0.3, -0.25) is 0 Å². The topological polar surface area (TPSA) is 96.0 Å². The maximum absolute atomic E-state index is 11.3. The number of hydrogen-bond donors (Lipinski definition) is 2. The quantitative estimate of drug-likeness (QED) is 0.667.